The average Bonchev–Trinajstić information content (AvgIpc) is 2.56. The molecule has 2 rings (SSSR count). The predicted octanol–water partition coefficient (Wildman–Crippen LogP) is 2.14. The number of hydrogen-bond donors (Lipinski definition) is 3. The van der Waals surface area contributed by atoms with Gasteiger partial charge in [0.1, 0.15) is 18.1 Å². The molecule has 0 fully saturated rings. The summed E-state index contributed by atoms with van der Waals surface area (Å²) < 4.78 is 5.09. The van der Waals surface area contributed by atoms with Crippen LogP contribution in [-0.4, -0.2) is 30.6 Å². The van der Waals surface area contributed by atoms with E-state index in [9.17, 15) is 4.79 Å². The van der Waals surface area contributed by atoms with Gasteiger partial charge < -0.3 is 9.84 Å². The number of carbonyl (C=O) groups is 1. The van der Waals surface area contributed by atoms with E-state index < -0.39 is 5.97 Å². The van der Waals surface area contributed by atoms with Gasteiger partial charge in [0.2, 0.25) is 0 Å². The minimum Gasteiger partial charge on any atom is -0.497 e. The second-order valence-electron chi connectivity index (χ2n) is 4.40. The molecule has 0 heterocycles. The Labute approximate surface area is 128 Å². The lowest BCUT2D eigenvalue weighted by molar-refractivity contribution is -0.135. The first-order valence-corrected chi connectivity index (χ1v) is 6.67. The number of amidine groups is 1. The summed E-state index contributed by atoms with van der Waals surface area (Å²) in [6.07, 6.45) is 0. The van der Waals surface area contributed by atoms with Crippen molar-refractivity contribution in [2.24, 2.45) is 4.99 Å². The first kappa shape index (κ1) is 15.4. The number of nitrogens with one attached hydrogen (secondary N) is 2. The van der Waals surface area contributed by atoms with Gasteiger partial charge in [-0.3, -0.25) is 20.6 Å². The van der Waals surface area contributed by atoms with Gasteiger partial charge in [0, 0.05) is 5.56 Å². The highest BCUT2D eigenvalue weighted by Crippen LogP contribution is 2.14. The number of anilines is 1. The Kier molecular flexibility index (Phi) is 5.37. The molecule has 22 heavy (non-hydrogen) atoms. The molecule has 0 bridgehead atoms. The van der Waals surface area contributed by atoms with E-state index in [0.29, 0.717) is 5.84 Å². The van der Waals surface area contributed by atoms with Gasteiger partial charge in [-0.2, -0.15) is 0 Å². The summed E-state index contributed by atoms with van der Waals surface area (Å²) in [5, 5.41) is 8.78. The molecule has 0 unspecified atom stereocenters. The molecule has 6 nitrogen and oxygen atoms in total. The summed E-state index contributed by atoms with van der Waals surface area (Å²) in [4.78, 5) is 14.8. The first-order valence-electron chi connectivity index (χ1n) is 6.67. The van der Waals surface area contributed by atoms with E-state index >= 15 is 0 Å². The molecule has 0 aliphatic carbocycles. The van der Waals surface area contributed by atoms with Gasteiger partial charge in [-0.1, -0.05) is 30.3 Å². The number of hydrazine groups is 1. The van der Waals surface area contributed by atoms with Gasteiger partial charge in [-0.15, -0.1) is 0 Å². The summed E-state index contributed by atoms with van der Waals surface area (Å²) in [6, 6.07) is 16.6. The second-order valence-corrected chi connectivity index (χ2v) is 4.40. The van der Waals surface area contributed by atoms with E-state index in [0.717, 1.165) is 17.0 Å². The molecule has 0 aromatic heterocycles. The number of ether oxygens (including phenoxy) is 1. The van der Waals surface area contributed by atoms with Crippen LogP contribution in [0.3, 0.4) is 0 Å². The third-order valence-corrected chi connectivity index (χ3v) is 2.83. The average molecular weight is 299 g/mol. The monoisotopic (exact) mass is 299 g/mol. The third-order valence-electron chi connectivity index (χ3n) is 2.83. The highest BCUT2D eigenvalue weighted by Gasteiger charge is 2.04. The molecule has 0 amide bonds. The van der Waals surface area contributed by atoms with Crippen molar-refractivity contribution in [3.8, 4) is 5.75 Å². The smallest absolute Gasteiger partial charge is 0.325 e. The Morgan fingerprint density at radius 3 is 2.41 bits per heavy atom. The molecular formula is C16H17N3O3. The van der Waals surface area contributed by atoms with Gasteiger partial charge >= 0.3 is 5.97 Å². The molecule has 3 N–H and O–H groups in total. The van der Waals surface area contributed by atoms with Gasteiger partial charge in [0.25, 0.3) is 0 Å². The molecular weight excluding hydrogens is 282 g/mol. The van der Waals surface area contributed by atoms with Crippen molar-refractivity contribution in [3.05, 3.63) is 60.2 Å². The van der Waals surface area contributed by atoms with Crippen molar-refractivity contribution in [1.82, 2.24) is 5.43 Å². The lowest BCUT2D eigenvalue weighted by Crippen LogP contribution is -2.31. The van der Waals surface area contributed by atoms with Crippen molar-refractivity contribution >= 4 is 17.5 Å². The Morgan fingerprint density at radius 2 is 1.82 bits per heavy atom. The van der Waals surface area contributed by atoms with Crippen molar-refractivity contribution in [2.45, 2.75) is 0 Å². The highest BCUT2D eigenvalue weighted by atomic mass is 16.5. The zero-order valence-corrected chi connectivity index (χ0v) is 12.1. The van der Waals surface area contributed by atoms with E-state index in [1.165, 1.54) is 0 Å². The number of aliphatic carboxylic acids is 1. The van der Waals surface area contributed by atoms with E-state index in [-0.39, 0.29) is 6.54 Å². The van der Waals surface area contributed by atoms with Gasteiger partial charge in [0.15, 0.2) is 0 Å². The largest absolute Gasteiger partial charge is 0.497 e. The number of methoxy groups -OCH3 is 1. The number of nitrogens with zero attached hydrogens (tertiary/aromatic N) is 1. The van der Waals surface area contributed by atoms with Crippen LogP contribution in [0.1, 0.15) is 5.56 Å². The number of hydrogen-bond acceptors (Lipinski definition) is 4. The van der Waals surface area contributed by atoms with Crippen LogP contribution in [0.2, 0.25) is 0 Å². The molecule has 0 spiro atoms. The fourth-order valence-corrected chi connectivity index (χ4v) is 1.75. The number of benzene rings is 2. The Bertz CT molecular complexity index is 639. The van der Waals surface area contributed by atoms with Crippen LogP contribution in [0, 0.1) is 0 Å². The van der Waals surface area contributed by atoms with E-state index in [1.807, 2.05) is 54.6 Å². The quantitative estimate of drug-likeness (QED) is 0.432. The number of aliphatic imine (C=N–C) groups is 1. The van der Waals surface area contributed by atoms with Gasteiger partial charge in [0.05, 0.1) is 12.8 Å². The minimum absolute atomic E-state index is 0.304. The maximum atomic E-state index is 10.7. The summed E-state index contributed by atoms with van der Waals surface area (Å²) in [6.45, 7) is -0.304. The Hall–Kier alpha value is -3.02. The first-order chi connectivity index (χ1) is 10.7. The van der Waals surface area contributed by atoms with Gasteiger partial charge in [-0.05, 0) is 24.3 Å². The lowest BCUT2D eigenvalue weighted by Gasteiger charge is -2.13. The summed E-state index contributed by atoms with van der Waals surface area (Å²) in [7, 11) is 1.60. The maximum Gasteiger partial charge on any atom is 0.325 e. The second kappa shape index (κ2) is 7.68. The van der Waals surface area contributed by atoms with Crippen LogP contribution in [0.25, 0.3) is 0 Å². The zero-order valence-electron chi connectivity index (χ0n) is 12.1. The summed E-state index contributed by atoms with van der Waals surface area (Å²) in [5.74, 6) is 0.229. The SMILES string of the molecule is COc1ccc(NNC(=NCC(=O)O)c2ccccc2)cc1. The lowest BCUT2D eigenvalue weighted by atomic mass is 10.2. The highest BCUT2D eigenvalue weighted by molar-refractivity contribution is 6.00. The normalized spacial score (nSPS) is 10.9. The summed E-state index contributed by atoms with van der Waals surface area (Å²) in [5.41, 5.74) is 7.53. The predicted molar refractivity (Wildman–Crippen MR) is 85.2 cm³/mol. The van der Waals surface area contributed by atoms with E-state index in [1.54, 1.807) is 7.11 Å². The number of carboxylic acids is 1. The van der Waals surface area contributed by atoms with Crippen molar-refractivity contribution in [2.75, 3.05) is 19.1 Å². The van der Waals surface area contributed by atoms with Crippen molar-refractivity contribution < 1.29 is 14.6 Å². The van der Waals surface area contributed by atoms with Crippen molar-refractivity contribution in [1.29, 1.82) is 0 Å². The third kappa shape index (κ3) is 4.52. The zero-order chi connectivity index (χ0) is 15.8. The van der Waals surface area contributed by atoms with Crippen LogP contribution in [0.15, 0.2) is 59.6 Å². The molecule has 0 aliphatic rings. The molecule has 0 atom stereocenters. The standard InChI is InChI=1S/C16H17N3O3/c1-22-14-9-7-13(8-10-14)18-19-16(17-11-15(20)21)12-5-3-2-4-6-12/h2-10,18H,11H2,1H3,(H,17,19)(H,20,21). The summed E-state index contributed by atoms with van der Waals surface area (Å²) >= 11 is 0. The van der Waals surface area contributed by atoms with Crippen LogP contribution < -0.4 is 15.6 Å². The molecule has 0 aliphatic heterocycles. The van der Waals surface area contributed by atoms with Crippen LogP contribution in [0.4, 0.5) is 5.69 Å². The Morgan fingerprint density at radius 1 is 1.14 bits per heavy atom. The molecule has 6 heteroatoms. The van der Waals surface area contributed by atoms with E-state index in [4.69, 9.17) is 9.84 Å². The Balaban J connectivity index is 2.09. The van der Waals surface area contributed by atoms with Crippen LogP contribution in [0.5, 0.6) is 5.75 Å². The molecule has 2 aromatic carbocycles. The number of carboxylic acid groups (broad SMARTS) is 1. The minimum atomic E-state index is -0.986. The molecule has 0 radical (unpaired) electrons. The maximum absolute atomic E-state index is 10.7. The molecule has 0 saturated heterocycles. The van der Waals surface area contributed by atoms with Crippen LogP contribution in [-0.2, 0) is 4.79 Å². The topological polar surface area (TPSA) is 83.0 Å². The fourth-order valence-electron chi connectivity index (χ4n) is 1.75. The van der Waals surface area contributed by atoms with Gasteiger partial charge in [-0.25, -0.2) is 0 Å². The molecule has 2 aromatic rings. The van der Waals surface area contributed by atoms with E-state index in [2.05, 4.69) is 15.8 Å². The van der Waals surface area contributed by atoms with Crippen molar-refractivity contribution in [3.63, 3.8) is 0 Å². The molecule has 0 saturated carbocycles. The molecule has 114 valence electrons. The van der Waals surface area contributed by atoms with Crippen LogP contribution >= 0.6 is 0 Å². The fraction of sp³-hybridized carbons (Fsp3) is 0.125. The number of rotatable bonds is 6.